The second-order valence-electron chi connectivity index (χ2n) is 4.20. The molecular formula is C14H16N4O2. The van der Waals surface area contributed by atoms with Crippen LogP contribution >= 0.6 is 0 Å². The van der Waals surface area contributed by atoms with Crippen molar-refractivity contribution >= 4 is 11.8 Å². The summed E-state index contributed by atoms with van der Waals surface area (Å²) in [5.41, 5.74) is 0.540. The number of carbonyl (C=O) groups is 2. The van der Waals surface area contributed by atoms with E-state index in [0.717, 1.165) is 0 Å². The lowest BCUT2D eigenvalue weighted by molar-refractivity contribution is -0.120. The van der Waals surface area contributed by atoms with Crippen molar-refractivity contribution in [1.29, 1.82) is 0 Å². The zero-order chi connectivity index (χ0) is 14.2. The maximum atomic E-state index is 11.7. The van der Waals surface area contributed by atoms with Crippen LogP contribution in [0.4, 0.5) is 0 Å². The summed E-state index contributed by atoms with van der Waals surface area (Å²) in [7, 11) is 0. The van der Waals surface area contributed by atoms with E-state index >= 15 is 0 Å². The Balaban J connectivity index is 1.66. The standard InChI is InChI=1S/C14H16N4O2/c19-13(16-7-9-18-8-6-15-11-18)10-17-14(20)12-4-2-1-3-5-12/h1-6,8,11H,7,9-10H2,(H,16,19)(H,17,20). The molecule has 0 spiro atoms. The average Bonchev–Trinajstić information content (AvgIpc) is 2.99. The van der Waals surface area contributed by atoms with Crippen LogP contribution < -0.4 is 10.6 Å². The number of aromatic nitrogens is 2. The fraction of sp³-hybridized carbons (Fsp3) is 0.214. The second-order valence-corrected chi connectivity index (χ2v) is 4.20. The summed E-state index contributed by atoms with van der Waals surface area (Å²) in [6.07, 6.45) is 5.19. The molecule has 0 unspecified atom stereocenters. The molecule has 20 heavy (non-hydrogen) atoms. The van der Waals surface area contributed by atoms with Crippen LogP contribution in [-0.4, -0.2) is 34.5 Å². The van der Waals surface area contributed by atoms with Crippen molar-refractivity contribution in [1.82, 2.24) is 20.2 Å². The Kier molecular flexibility index (Phi) is 4.88. The fourth-order valence-electron chi connectivity index (χ4n) is 1.66. The predicted molar refractivity (Wildman–Crippen MR) is 74.0 cm³/mol. The fourth-order valence-corrected chi connectivity index (χ4v) is 1.66. The molecule has 1 aromatic carbocycles. The first-order valence-corrected chi connectivity index (χ1v) is 6.31. The van der Waals surface area contributed by atoms with Gasteiger partial charge in [0.15, 0.2) is 0 Å². The van der Waals surface area contributed by atoms with Gasteiger partial charge in [-0.05, 0) is 12.1 Å². The van der Waals surface area contributed by atoms with Crippen LogP contribution in [0.25, 0.3) is 0 Å². The molecule has 0 aliphatic carbocycles. The van der Waals surface area contributed by atoms with Gasteiger partial charge in [0, 0.05) is 31.0 Å². The molecule has 0 saturated heterocycles. The lowest BCUT2D eigenvalue weighted by Gasteiger charge is -2.07. The van der Waals surface area contributed by atoms with Crippen LogP contribution in [0.1, 0.15) is 10.4 Å². The van der Waals surface area contributed by atoms with E-state index in [1.807, 2.05) is 16.8 Å². The zero-order valence-electron chi connectivity index (χ0n) is 11.0. The van der Waals surface area contributed by atoms with Gasteiger partial charge in [-0.2, -0.15) is 0 Å². The highest BCUT2D eigenvalue weighted by molar-refractivity contribution is 5.96. The monoisotopic (exact) mass is 272 g/mol. The summed E-state index contributed by atoms with van der Waals surface area (Å²) in [4.78, 5) is 27.2. The molecule has 0 saturated carbocycles. The van der Waals surface area contributed by atoms with Crippen molar-refractivity contribution in [2.75, 3.05) is 13.1 Å². The third-order valence-corrected chi connectivity index (χ3v) is 2.70. The Morgan fingerprint density at radius 2 is 1.95 bits per heavy atom. The second kappa shape index (κ2) is 7.08. The van der Waals surface area contributed by atoms with Gasteiger partial charge in [0.25, 0.3) is 5.91 Å². The van der Waals surface area contributed by atoms with Gasteiger partial charge in [-0.15, -0.1) is 0 Å². The molecule has 0 bridgehead atoms. The summed E-state index contributed by atoms with van der Waals surface area (Å²) in [6.45, 7) is 1.12. The van der Waals surface area contributed by atoms with Crippen LogP contribution in [0.3, 0.4) is 0 Å². The smallest absolute Gasteiger partial charge is 0.251 e. The molecule has 1 aromatic heterocycles. The number of amides is 2. The van der Waals surface area contributed by atoms with Crippen LogP contribution in [0.5, 0.6) is 0 Å². The van der Waals surface area contributed by atoms with Gasteiger partial charge in [0.05, 0.1) is 12.9 Å². The van der Waals surface area contributed by atoms with Gasteiger partial charge < -0.3 is 15.2 Å². The van der Waals surface area contributed by atoms with Gasteiger partial charge in [-0.25, -0.2) is 4.98 Å². The molecule has 0 fully saturated rings. The van der Waals surface area contributed by atoms with Crippen LogP contribution in [0.2, 0.25) is 0 Å². The minimum atomic E-state index is -0.254. The molecule has 0 aliphatic rings. The van der Waals surface area contributed by atoms with Crippen LogP contribution in [0, 0.1) is 0 Å². The number of carbonyl (C=O) groups excluding carboxylic acids is 2. The van der Waals surface area contributed by atoms with Crippen molar-refractivity contribution in [3.63, 3.8) is 0 Å². The molecule has 2 N–H and O–H groups in total. The van der Waals surface area contributed by atoms with Gasteiger partial charge >= 0.3 is 0 Å². The Hall–Kier alpha value is -2.63. The van der Waals surface area contributed by atoms with E-state index in [1.54, 1.807) is 36.8 Å². The number of nitrogens with one attached hydrogen (secondary N) is 2. The first-order valence-electron chi connectivity index (χ1n) is 6.31. The first kappa shape index (κ1) is 13.8. The Bertz CT molecular complexity index is 552. The number of imidazole rings is 1. The van der Waals surface area contributed by atoms with Gasteiger partial charge in [0.1, 0.15) is 0 Å². The lowest BCUT2D eigenvalue weighted by Crippen LogP contribution is -2.38. The van der Waals surface area contributed by atoms with E-state index in [9.17, 15) is 9.59 Å². The summed E-state index contributed by atoms with van der Waals surface area (Å²) in [6, 6.07) is 8.79. The predicted octanol–water partition coefficient (Wildman–Crippen LogP) is 0.429. The topological polar surface area (TPSA) is 76.0 Å². The average molecular weight is 272 g/mol. The van der Waals surface area contributed by atoms with Crippen molar-refractivity contribution in [2.45, 2.75) is 6.54 Å². The molecule has 6 heteroatoms. The van der Waals surface area contributed by atoms with Gasteiger partial charge in [0.2, 0.25) is 5.91 Å². The van der Waals surface area contributed by atoms with Crippen molar-refractivity contribution in [3.8, 4) is 0 Å². The third-order valence-electron chi connectivity index (χ3n) is 2.70. The Labute approximate surface area is 116 Å². The normalized spacial score (nSPS) is 10.0. The molecule has 1 heterocycles. The van der Waals surface area contributed by atoms with Crippen LogP contribution in [0.15, 0.2) is 49.1 Å². The summed E-state index contributed by atoms with van der Waals surface area (Å²) in [5, 5.41) is 5.30. The molecule has 104 valence electrons. The number of benzene rings is 1. The molecular weight excluding hydrogens is 256 g/mol. The SMILES string of the molecule is O=C(CNC(=O)c1ccccc1)NCCn1ccnc1. The highest BCUT2D eigenvalue weighted by Gasteiger charge is 2.06. The molecule has 6 nitrogen and oxygen atoms in total. The highest BCUT2D eigenvalue weighted by atomic mass is 16.2. The third kappa shape index (κ3) is 4.24. The van der Waals surface area contributed by atoms with Gasteiger partial charge in [-0.3, -0.25) is 9.59 Å². The summed E-state index contributed by atoms with van der Waals surface area (Å²) < 4.78 is 1.86. The van der Waals surface area contributed by atoms with Gasteiger partial charge in [-0.1, -0.05) is 18.2 Å². The minimum absolute atomic E-state index is 0.0301. The maximum absolute atomic E-state index is 11.7. The highest BCUT2D eigenvalue weighted by Crippen LogP contribution is 1.97. The van der Waals surface area contributed by atoms with E-state index in [4.69, 9.17) is 0 Å². The first-order chi connectivity index (χ1) is 9.75. The number of hydrogen-bond acceptors (Lipinski definition) is 3. The maximum Gasteiger partial charge on any atom is 0.251 e. The molecule has 0 radical (unpaired) electrons. The van der Waals surface area contributed by atoms with Crippen molar-refractivity contribution in [3.05, 3.63) is 54.6 Å². The number of rotatable bonds is 6. The van der Waals surface area contributed by atoms with Crippen LogP contribution in [-0.2, 0) is 11.3 Å². The molecule has 2 aromatic rings. The summed E-state index contributed by atoms with van der Waals surface area (Å²) >= 11 is 0. The largest absolute Gasteiger partial charge is 0.353 e. The van der Waals surface area contributed by atoms with E-state index in [1.165, 1.54) is 0 Å². The molecule has 0 atom stereocenters. The minimum Gasteiger partial charge on any atom is -0.353 e. The Morgan fingerprint density at radius 1 is 1.15 bits per heavy atom. The molecule has 0 aliphatic heterocycles. The number of nitrogens with zero attached hydrogens (tertiary/aromatic N) is 2. The van der Waals surface area contributed by atoms with E-state index in [-0.39, 0.29) is 18.4 Å². The van der Waals surface area contributed by atoms with E-state index in [0.29, 0.717) is 18.7 Å². The summed E-state index contributed by atoms with van der Waals surface area (Å²) in [5.74, 6) is -0.468. The zero-order valence-corrected chi connectivity index (χ0v) is 11.0. The van der Waals surface area contributed by atoms with Crippen molar-refractivity contribution in [2.24, 2.45) is 0 Å². The lowest BCUT2D eigenvalue weighted by atomic mass is 10.2. The van der Waals surface area contributed by atoms with E-state index in [2.05, 4.69) is 15.6 Å². The van der Waals surface area contributed by atoms with E-state index < -0.39 is 0 Å². The molecule has 2 rings (SSSR count). The Morgan fingerprint density at radius 3 is 2.65 bits per heavy atom. The molecule has 2 amide bonds. The number of hydrogen-bond donors (Lipinski definition) is 2. The quantitative estimate of drug-likeness (QED) is 0.800. The van der Waals surface area contributed by atoms with Crippen molar-refractivity contribution < 1.29 is 9.59 Å².